The molecular weight excluding hydrogens is 282 g/mol. The lowest BCUT2D eigenvalue weighted by Gasteiger charge is -2.11. The smallest absolute Gasteiger partial charge is 0.418 e. The fraction of sp³-hybridized carbons (Fsp3) is 0.294. The number of hydrogen-bond donors (Lipinski definition) is 1. The molecule has 5 heteroatoms. The molecule has 0 aliphatic heterocycles. The molecule has 1 aromatic carbocycles. The molecule has 5 nitrogen and oxygen atoms in total. The number of aromatic nitrogens is 1. The Morgan fingerprint density at radius 3 is 2.45 bits per heavy atom. The quantitative estimate of drug-likeness (QED) is 0.919. The molecule has 0 saturated heterocycles. The van der Waals surface area contributed by atoms with Gasteiger partial charge in [-0.3, -0.25) is 4.79 Å². The van der Waals surface area contributed by atoms with E-state index in [2.05, 4.69) is 0 Å². The number of unbranched alkanes of at least 4 members (excludes halogenated alkanes) is 1. The van der Waals surface area contributed by atoms with E-state index in [-0.39, 0.29) is 0 Å². The minimum Gasteiger partial charge on any atom is -0.497 e. The van der Waals surface area contributed by atoms with Crippen LogP contribution in [0.4, 0.5) is 4.79 Å². The molecule has 0 aliphatic rings. The van der Waals surface area contributed by atoms with Crippen molar-refractivity contribution >= 4 is 6.09 Å². The van der Waals surface area contributed by atoms with Crippen molar-refractivity contribution < 1.29 is 14.6 Å². The third-order valence-electron chi connectivity index (χ3n) is 3.58. The molecule has 1 heterocycles. The number of pyridine rings is 1. The Bertz CT molecular complexity index is 716. The summed E-state index contributed by atoms with van der Waals surface area (Å²) in [6, 6.07) is 9.06. The zero-order chi connectivity index (χ0) is 16.1. The second-order valence-corrected chi connectivity index (χ2v) is 5.00. The van der Waals surface area contributed by atoms with Gasteiger partial charge in [-0.1, -0.05) is 25.5 Å². The highest BCUT2D eigenvalue weighted by Crippen LogP contribution is 2.25. The van der Waals surface area contributed by atoms with Crippen LogP contribution >= 0.6 is 0 Å². The van der Waals surface area contributed by atoms with Crippen LogP contribution in [-0.4, -0.2) is 22.9 Å². The molecule has 0 bridgehead atoms. The first-order chi connectivity index (χ1) is 10.6. The van der Waals surface area contributed by atoms with Gasteiger partial charge in [0, 0.05) is 11.8 Å². The SMILES string of the molecule is CCCCc1c(-c2ccc(OC)cc2)ccn(C(=O)O)c1=O. The van der Waals surface area contributed by atoms with Gasteiger partial charge < -0.3 is 9.84 Å². The summed E-state index contributed by atoms with van der Waals surface area (Å²) in [5, 5.41) is 9.09. The molecule has 0 amide bonds. The number of benzene rings is 1. The summed E-state index contributed by atoms with van der Waals surface area (Å²) in [5.41, 5.74) is 1.73. The molecule has 1 aromatic heterocycles. The Balaban J connectivity index is 2.55. The van der Waals surface area contributed by atoms with Gasteiger partial charge in [-0.25, -0.2) is 9.36 Å². The lowest BCUT2D eigenvalue weighted by molar-refractivity contribution is 0.195. The van der Waals surface area contributed by atoms with Crippen LogP contribution < -0.4 is 10.3 Å². The number of hydrogen-bond acceptors (Lipinski definition) is 3. The predicted molar refractivity (Wildman–Crippen MR) is 84.7 cm³/mol. The van der Waals surface area contributed by atoms with Gasteiger partial charge >= 0.3 is 6.09 Å². The Hall–Kier alpha value is -2.56. The standard InChI is InChI=1S/C17H19NO4/c1-3-4-5-15-14(10-11-18(16(15)19)17(20)21)12-6-8-13(22-2)9-7-12/h6-11H,3-5H2,1-2H3,(H,20,21). The van der Waals surface area contributed by atoms with Crippen LogP contribution in [0, 0.1) is 0 Å². The average molecular weight is 301 g/mol. The van der Waals surface area contributed by atoms with E-state index in [4.69, 9.17) is 9.84 Å². The maximum absolute atomic E-state index is 12.4. The number of rotatable bonds is 5. The van der Waals surface area contributed by atoms with Crippen molar-refractivity contribution in [1.82, 2.24) is 4.57 Å². The second kappa shape index (κ2) is 6.93. The van der Waals surface area contributed by atoms with E-state index in [1.165, 1.54) is 6.20 Å². The number of carbonyl (C=O) groups is 1. The lowest BCUT2D eigenvalue weighted by atomic mass is 9.98. The van der Waals surface area contributed by atoms with Gasteiger partial charge in [-0.15, -0.1) is 0 Å². The number of methoxy groups -OCH3 is 1. The van der Waals surface area contributed by atoms with E-state index in [0.29, 0.717) is 12.0 Å². The summed E-state index contributed by atoms with van der Waals surface area (Å²) in [7, 11) is 1.59. The summed E-state index contributed by atoms with van der Waals surface area (Å²) in [5.74, 6) is 0.734. The van der Waals surface area contributed by atoms with E-state index in [0.717, 1.165) is 34.3 Å². The molecule has 0 spiro atoms. The number of carboxylic acid groups (broad SMARTS) is 1. The summed E-state index contributed by atoms with van der Waals surface area (Å²) < 4.78 is 5.87. The van der Waals surface area contributed by atoms with Crippen molar-refractivity contribution in [3.63, 3.8) is 0 Å². The summed E-state index contributed by atoms with van der Waals surface area (Å²) in [4.78, 5) is 23.5. The van der Waals surface area contributed by atoms with E-state index < -0.39 is 11.7 Å². The van der Waals surface area contributed by atoms with Gasteiger partial charge in [0.05, 0.1) is 7.11 Å². The maximum Gasteiger partial charge on any atom is 0.418 e. The fourth-order valence-corrected chi connectivity index (χ4v) is 2.36. The van der Waals surface area contributed by atoms with Crippen LogP contribution in [0.25, 0.3) is 11.1 Å². The molecule has 0 saturated carbocycles. The molecule has 0 fully saturated rings. The van der Waals surface area contributed by atoms with Crippen LogP contribution in [0.15, 0.2) is 41.3 Å². The van der Waals surface area contributed by atoms with Gasteiger partial charge in [0.25, 0.3) is 5.56 Å². The molecule has 2 rings (SSSR count). The highest BCUT2D eigenvalue weighted by atomic mass is 16.5. The summed E-state index contributed by atoms with van der Waals surface area (Å²) in [6.45, 7) is 2.03. The van der Waals surface area contributed by atoms with Crippen LogP contribution in [0.2, 0.25) is 0 Å². The minimum atomic E-state index is -1.26. The fourth-order valence-electron chi connectivity index (χ4n) is 2.36. The third-order valence-corrected chi connectivity index (χ3v) is 3.58. The van der Waals surface area contributed by atoms with Crippen molar-refractivity contribution in [2.45, 2.75) is 26.2 Å². The van der Waals surface area contributed by atoms with E-state index in [1.54, 1.807) is 13.2 Å². The third kappa shape index (κ3) is 3.19. The highest BCUT2D eigenvalue weighted by molar-refractivity contribution is 5.72. The first kappa shape index (κ1) is 15.8. The van der Waals surface area contributed by atoms with E-state index in [9.17, 15) is 9.59 Å². The molecule has 22 heavy (non-hydrogen) atoms. The first-order valence-electron chi connectivity index (χ1n) is 7.20. The number of ether oxygens (including phenoxy) is 1. The highest BCUT2D eigenvalue weighted by Gasteiger charge is 2.14. The lowest BCUT2D eigenvalue weighted by Crippen LogP contribution is -2.28. The molecular formula is C17H19NO4. The van der Waals surface area contributed by atoms with E-state index in [1.807, 2.05) is 31.2 Å². The van der Waals surface area contributed by atoms with Gasteiger partial charge in [-0.2, -0.15) is 0 Å². The summed E-state index contributed by atoms with van der Waals surface area (Å²) >= 11 is 0. The van der Waals surface area contributed by atoms with Gasteiger partial charge in [0.15, 0.2) is 0 Å². The number of nitrogens with zero attached hydrogens (tertiary/aromatic N) is 1. The van der Waals surface area contributed by atoms with Gasteiger partial charge in [0.1, 0.15) is 5.75 Å². The second-order valence-electron chi connectivity index (χ2n) is 5.00. The summed E-state index contributed by atoms with van der Waals surface area (Å²) in [6.07, 6.45) is 2.37. The molecule has 0 atom stereocenters. The molecule has 2 aromatic rings. The van der Waals surface area contributed by atoms with E-state index >= 15 is 0 Å². The predicted octanol–water partition coefficient (Wildman–Crippen LogP) is 3.39. The molecule has 0 aliphatic carbocycles. The zero-order valence-corrected chi connectivity index (χ0v) is 12.7. The Kier molecular flexibility index (Phi) is 4.99. The Labute approximate surface area is 128 Å². The van der Waals surface area contributed by atoms with Crippen LogP contribution in [0.3, 0.4) is 0 Å². The first-order valence-corrected chi connectivity index (χ1v) is 7.20. The van der Waals surface area contributed by atoms with Gasteiger partial charge in [-0.05, 0) is 42.2 Å². The van der Waals surface area contributed by atoms with Gasteiger partial charge in [0.2, 0.25) is 0 Å². The Morgan fingerprint density at radius 1 is 1.23 bits per heavy atom. The van der Waals surface area contributed by atoms with Crippen molar-refractivity contribution in [3.05, 3.63) is 52.4 Å². The molecule has 1 N–H and O–H groups in total. The molecule has 116 valence electrons. The minimum absolute atomic E-state index is 0.464. The van der Waals surface area contributed by atoms with Crippen molar-refractivity contribution in [3.8, 4) is 16.9 Å². The largest absolute Gasteiger partial charge is 0.497 e. The van der Waals surface area contributed by atoms with Crippen LogP contribution in [0.5, 0.6) is 5.75 Å². The van der Waals surface area contributed by atoms with Crippen molar-refractivity contribution in [1.29, 1.82) is 0 Å². The normalized spacial score (nSPS) is 10.5. The monoisotopic (exact) mass is 301 g/mol. The topological polar surface area (TPSA) is 68.5 Å². The molecule has 0 radical (unpaired) electrons. The Morgan fingerprint density at radius 2 is 1.91 bits per heavy atom. The maximum atomic E-state index is 12.4. The zero-order valence-electron chi connectivity index (χ0n) is 12.7. The van der Waals surface area contributed by atoms with Crippen LogP contribution in [0.1, 0.15) is 25.3 Å². The molecule has 0 unspecified atom stereocenters. The average Bonchev–Trinajstić information content (AvgIpc) is 2.53. The van der Waals surface area contributed by atoms with Crippen LogP contribution in [-0.2, 0) is 6.42 Å². The van der Waals surface area contributed by atoms with Crippen molar-refractivity contribution in [2.75, 3.05) is 7.11 Å². The van der Waals surface area contributed by atoms with Crippen molar-refractivity contribution in [2.24, 2.45) is 0 Å².